The predicted molar refractivity (Wildman–Crippen MR) is 110 cm³/mol. The fourth-order valence-electron chi connectivity index (χ4n) is 3.02. The summed E-state index contributed by atoms with van der Waals surface area (Å²) < 4.78 is 39.3. The molecule has 2 aliphatic rings. The van der Waals surface area contributed by atoms with Crippen LogP contribution in [0.4, 0.5) is 13.2 Å². The number of aliphatic imine (C=N–C) groups is 1. The minimum atomic E-state index is -4.57. The fourth-order valence-corrected chi connectivity index (χ4v) is 4.38. The van der Waals surface area contributed by atoms with Gasteiger partial charge in [-0.05, 0) is 43.3 Å². The molecule has 29 heavy (non-hydrogen) atoms. The second-order valence-electron chi connectivity index (χ2n) is 6.23. The zero-order chi connectivity index (χ0) is 21.3. The van der Waals surface area contributed by atoms with Gasteiger partial charge in [0.05, 0.1) is 6.04 Å². The third-order valence-corrected chi connectivity index (χ3v) is 6.02. The molecule has 0 saturated carbocycles. The van der Waals surface area contributed by atoms with E-state index >= 15 is 0 Å². The summed E-state index contributed by atoms with van der Waals surface area (Å²) in [4.78, 5) is 18.4. The molecule has 1 aromatic rings. The van der Waals surface area contributed by atoms with Crippen LogP contribution in [0.3, 0.4) is 0 Å². The van der Waals surface area contributed by atoms with Gasteiger partial charge < -0.3 is 4.90 Å². The van der Waals surface area contributed by atoms with Crippen LogP contribution in [-0.4, -0.2) is 51.3 Å². The number of nitrogens with zero attached hydrogens (tertiary/aromatic N) is 4. The van der Waals surface area contributed by atoms with Crippen molar-refractivity contribution in [3.8, 4) is 0 Å². The second-order valence-corrected chi connectivity index (χ2v) is 8.03. The van der Waals surface area contributed by atoms with Gasteiger partial charge in [0.1, 0.15) is 6.04 Å². The summed E-state index contributed by atoms with van der Waals surface area (Å²) in [5.41, 5.74) is 0.590. The van der Waals surface area contributed by atoms with Crippen LogP contribution in [0.15, 0.2) is 40.4 Å². The molecular weight excluding hydrogens is 448 g/mol. The maximum atomic E-state index is 13.1. The lowest BCUT2D eigenvalue weighted by Gasteiger charge is -2.22. The number of amidine groups is 1. The minimum absolute atomic E-state index is 0.110. The summed E-state index contributed by atoms with van der Waals surface area (Å²) in [6.07, 6.45) is -1.70. The quantitative estimate of drug-likeness (QED) is 0.568. The lowest BCUT2D eigenvalue weighted by Crippen LogP contribution is -2.31. The van der Waals surface area contributed by atoms with E-state index in [0.29, 0.717) is 40.5 Å². The van der Waals surface area contributed by atoms with Crippen LogP contribution >= 0.6 is 35.0 Å². The first-order chi connectivity index (χ1) is 13.7. The molecule has 1 amide bonds. The monoisotopic (exact) mass is 464 g/mol. The molecule has 11 heteroatoms. The standard InChI is InChI=1S/C18H17Cl2F3N4OS/c1-3-26(4-2)14(28)8-7-13-15(11-6-5-10(19)9-12(11)20)24-17-27(13)25-16(29-17)18(21,22)23/h5-9,13,15H,3-4H2,1-2H3/b8-7+. The summed E-state index contributed by atoms with van der Waals surface area (Å²) in [5, 5.41) is 4.78. The van der Waals surface area contributed by atoms with Crippen molar-refractivity contribution < 1.29 is 18.0 Å². The van der Waals surface area contributed by atoms with E-state index in [1.54, 1.807) is 23.1 Å². The summed E-state index contributed by atoms with van der Waals surface area (Å²) >= 11 is 12.7. The van der Waals surface area contributed by atoms with E-state index in [0.717, 1.165) is 0 Å². The molecule has 2 aliphatic heterocycles. The molecule has 0 saturated heterocycles. The van der Waals surface area contributed by atoms with E-state index in [1.807, 2.05) is 13.8 Å². The van der Waals surface area contributed by atoms with E-state index in [2.05, 4.69) is 10.1 Å². The molecule has 0 fully saturated rings. The predicted octanol–water partition coefficient (Wildman–Crippen LogP) is 5.12. The van der Waals surface area contributed by atoms with Crippen molar-refractivity contribution in [2.75, 3.05) is 13.1 Å². The van der Waals surface area contributed by atoms with E-state index < -0.39 is 23.3 Å². The Morgan fingerprint density at radius 2 is 2.00 bits per heavy atom. The molecule has 0 spiro atoms. The van der Waals surface area contributed by atoms with Crippen molar-refractivity contribution in [1.82, 2.24) is 9.91 Å². The molecule has 156 valence electrons. The number of thioether (sulfide) groups is 1. The average molecular weight is 465 g/mol. The van der Waals surface area contributed by atoms with Gasteiger partial charge in [0.25, 0.3) is 0 Å². The highest BCUT2D eigenvalue weighted by Crippen LogP contribution is 2.44. The molecule has 0 aromatic heterocycles. The van der Waals surface area contributed by atoms with Gasteiger partial charge in [-0.25, -0.2) is 10.0 Å². The van der Waals surface area contributed by atoms with Gasteiger partial charge in [-0.3, -0.25) is 4.79 Å². The Bertz CT molecular complexity index is 900. The number of hydrogen-bond donors (Lipinski definition) is 0. The topological polar surface area (TPSA) is 48.3 Å². The van der Waals surface area contributed by atoms with Crippen molar-refractivity contribution in [2.45, 2.75) is 32.1 Å². The molecule has 0 radical (unpaired) electrons. The molecule has 2 atom stereocenters. The maximum Gasteiger partial charge on any atom is 0.441 e. The first kappa shape index (κ1) is 22.0. The van der Waals surface area contributed by atoms with Crippen molar-refractivity contribution >= 4 is 51.1 Å². The summed E-state index contributed by atoms with van der Waals surface area (Å²) in [7, 11) is 0. The number of hydrazone groups is 1. The van der Waals surface area contributed by atoms with E-state index in [4.69, 9.17) is 23.2 Å². The van der Waals surface area contributed by atoms with Crippen LogP contribution in [0.1, 0.15) is 25.5 Å². The Hall–Kier alpha value is -1.71. The van der Waals surface area contributed by atoms with Crippen LogP contribution in [0, 0.1) is 0 Å². The molecule has 2 heterocycles. The molecule has 3 rings (SSSR count). The summed E-state index contributed by atoms with van der Waals surface area (Å²) in [6, 6.07) is 3.50. The highest BCUT2D eigenvalue weighted by atomic mass is 35.5. The number of halogens is 5. The molecule has 0 aliphatic carbocycles. The second kappa shape index (κ2) is 8.57. The van der Waals surface area contributed by atoms with E-state index in [9.17, 15) is 18.0 Å². The van der Waals surface area contributed by atoms with Crippen molar-refractivity contribution in [1.29, 1.82) is 0 Å². The number of fused-ring (bicyclic) bond motifs is 1. The Kier molecular flexibility index (Phi) is 6.50. The molecule has 2 unspecified atom stereocenters. The van der Waals surface area contributed by atoms with Gasteiger partial charge >= 0.3 is 6.18 Å². The third kappa shape index (κ3) is 4.57. The van der Waals surface area contributed by atoms with Crippen LogP contribution < -0.4 is 0 Å². The SMILES string of the molecule is CCN(CC)C(=O)/C=C/C1C(c2ccc(Cl)cc2Cl)N=C2SC(C(F)(F)F)=NN21. The molecule has 0 bridgehead atoms. The van der Waals surface area contributed by atoms with Crippen molar-refractivity contribution in [3.05, 3.63) is 46.0 Å². The lowest BCUT2D eigenvalue weighted by molar-refractivity contribution is -0.125. The average Bonchev–Trinajstić information content (AvgIpc) is 3.19. The minimum Gasteiger partial charge on any atom is -0.340 e. The number of hydrogen-bond acceptors (Lipinski definition) is 5. The third-order valence-electron chi connectivity index (χ3n) is 4.47. The number of likely N-dealkylation sites (N-methyl/N-ethyl adjacent to an activating group) is 1. The number of alkyl halides is 3. The van der Waals surface area contributed by atoms with Gasteiger partial charge in [0.2, 0.25) is 11.0 Å². The highest BCUT2D eigenvalue weighted by Gasteiger charge is 2.48. The van der Waals surface area contributed by atoms with Gasteiger partial charge in [-0.1, -0.05) is 35.3 Å². The van der Waals surface area contributed by atoms with Crippen LogP contribution in [0.2, 0.25) is 10.0 Å². The maximum absolute atomic E-state index is 13.1. The van der Waals surface area contributed by atoms with Gasteiger partial charge in [-0.15, -0.1) is 0 Å². The largest absolute Gasteiger partial charge is 0.441 e. The Labute approximate surface area is 180 Å². The smallest absolute Gasteiger partial charge is 0.340 e. The Morgan fingerprint density at radius 1 is 1.31 bits per heavy atom. The number of rotatable bonds is 5. The number of carbonyl (C=O) groups excluding carboxylic acids is 1. The number of benzene rings is 1. The summed E-state index contributed by atoms with van der Waals surface area (Å²) in [6.45, 7) is 4.74. The van der Waals surface area contributed by atoms with Crippen LogP contribution in [0.5, 0.6) is 0 Å². The zero-order valence-electron chi connectivity index (χ0n) is 15.5. The van der Waals surface area contributed by atoms with Gasteiger partial charge in [0, 0.05) is 29.2 Å². The van der Waals surface area contributed by atoms with Gasteiger partial charge in [-0.2, -0.15) is 18.3 Å². The lowest BCUT2D eigenvalue weighted by atomic mass is 10.00. The van der Waals surface area contributed by atoms with E-state index in [1.165, 1.54) is 17.2 Å². The van der Waals surface area contributed by atoms with Crippen LogP contribution in [0.25, 0.3) is 0 Å². The molecular formula is C18H17Cl2F3N4OS. The number of amides is 1. The molecule has 0 N–H and O–H groups in total. The van der Waals surface area contributed by atoms with Crippen molar-refractivity contribution in [2.24, 2.45) is 10.1 Å². The van der Waals surface area contributed by atoms with Crippen molar-refractivity contribution in [3.63, 3.8) is 0 Å². The number of carbonyl (C=O) groups is 1. The zero-order valence-corrected chi connectivity index (χ0v) is 17.8. The van der Waals surface area contributed by atoms with Gasteiger partial charge in [0.15, 0.2) is 5.17 Å². The Balaban J connectivity index is 1.96. The normalized spacial score (nSPS) is 21.4. The first-order valence-electron chi connectivity index (χ1n) is 8.78. The first-order valence-corrected chi connectivity index (χ1v) is 10.4. The molecule has 5 nitrogen and oxygen atoms in total. The molecule has 1 aromatic carbocycles. The Morgan fingerprint density at radius 3 is 2.59 bits per heavy atom. The van der Waals surface area contributed by atoms with Crippen LogP contribution in [-0.2, 0) is 4.79 Å². The van der Waals surface area contributed by atoms with E-state index in [-0.39, 0.29) is 11.1 Å². The highest BCUT2D eigenvalue weighted by molar-refractivity contribution is 8.27. The fraction of sp³-hybridized carbons (Fsp3) is 0.389. The summed E-state index contributed by atoms with van der Waals surface area (Å²) in [5.74, 6) is -0.240.